The first kappa shape index (κ1) is 21.1. The van der Waals surface area contributed by atoms with Gasteiger partial charge in [0.05, 0.1) is 5.54 Å². The second kappa shape index (κ2) is 8.61. The van der Waals surface area contributed by atoms with Crippen LogP contribution in [0.4, 0.5) is 4.39 Å². The standard InChI is InChI=1S/C25H23FN4O3/c26-21-9-2-1-8-19(21)20-15-30(16-25(20)11-4-10-22(31)29-25)23(32)17-6-3-7-18(14-17)33-24-27-12-5-13-28-24/h1-3,5-9,12-14,20H,4,10-11,15-16H2,(H,29,31)/t20-,25+/m0/s1. The molecule has 2 amide bonds. The van der Waals surface area contributed by atoms with E-state index in [0.29, 0.717) is 49.2 Å². The van der Waals surface area contributed by atoms with Gasteiger partial charge in [0.2, 0.25) is 5.91 Å². The van der Waals surface area contributed by atoms with Crippen LogP contribution in [0.5, 0.6) is 11.8 Å². The molecule has 2 fully saturated rings. The largest absolute Gasteiger partial charge is 0.424 e. The third-order valence-corrected chi connectivity index (χ3v) is 6.36. The summed E-state index contributed by atoms with van der Waals surface area (Å²) >= 11 is 0. The van der Waals surface area contributed by atoms with Gasteiger partial charge in [-0.1, -0.05) is 24.3 Å². The van der Waals surface area contributed by atoms with Gasteiger partial charge >= 0.3 is 6.01 Å². The van der Waals surface area contributed by atoms with Gasteiger partial charge in [-0.05, 0) is 48.7 Å². The van der Waals surface area contributed by atoms with Gasteiger partial charge in [-0.15, -0.1) is 0 Å². The van der Waals surface area contributed by atoms with Gasteiger partial charge in [-0.2, -0.15) is 0 Å². The van der Waals surface area contributed by atoms with Crippen LogP contribution >= 0.6 is 0 Å². The molecule has 0 aliphatic carbocycles. The van der Waals surface area contributed by atoms with Crippen molar-refractivity contribution in [3.8, 4) is 11.8 Å². The van der Waals surface area contributed by atoms with E-state index in [9.17, 15) is 14.0 Å². The van der Waals surface area contributed by atoms with Crippen molar-refractivity contribution in [2.45, 2.75) is 30.7 Å². The van der Waals surface area contributed by atoms with Crippen LogP contribution in [0.2, 0.25) is 0 Å². The minimum Gasteiger partial charge on any atom is -0.424 e. The lowest BCUT2D eigenvalue weighted by Gasteiger charge is -2.39. The Hall–Kier alpha value is -3.81. The number of carbonyl (C=O) groups excluding carboxylic acids is 2. The fourth-order valence-electron chi connectivity index (χ4n) is 4.88. The molecule has 0 radical (unpaired) electrons. The summed E-state index contributed by atoms with van der Waals surface area (Å²) in [6.45, 7) is 0.635. The molecular weight excluding hydrogens is 423 g/mol. The van der Waals surface area contributed by atoms with Crippen molar-refractivity contribution in [1.29, 1.82) is 0 Å². The highest BCUT2D eigenvalue weighted by molar-refractivity contribution is 5.95. The van der Waals surface area contributed by atoms with Crippen LogP contribution in [0.1, 0.15) is 41.1 Å². The van der Waals surface area contributed by atoms with E-state index in [-0.39, 0.29) is 29.6 Å². The normalized spacial score (nSPS) is 22.3. The molecule has 2 aliphatic rings. The number of carbonyl (C=O) groups is 2. The van der Waals surface area contributed by atoms with E-state index in [0.717, 1.165) is 0 Å². The predicted molar refractivity (Wildman–Crippen MR) is 118 cm³/mol. The van der Waals surface area contributed by atoms with Crippen LogP contribution in [0.25, 0.3) is 0 Å². The fourth-order valence-corrected chi connectivity index (χ4v) is 4.88. The Kier molecular flexibility index (Phi) is 5.50. The van der Waals surface area contributed by atoms with Crippen LogP contribution in [0.15, 0.2) is 67.0 Å². The van der Waals surface area contributed by atoms with Gasteiger partial charge in [0.15, 0.2) is 0 Å². The summed E-state index contributed by atoms with van der Waals surface area (Å²) < 4.78 is 20.4. The minimum absolute atomic E-state index is 0.0600. The van der Waals surface area contributed by atoms with Crippen LogP contribution < -0.4 is 10.1 Å². The lowest BCUT2D eigenvalue weighted by Crippen LogP contribution is -2.56. The molecule has 7 nitrogen and oxygen atoms in total. The van der Waals surface area contributed by atoms with Crippen molar-refractivity contribution in [2.24, 2.45) is 0 Å². The molecule has 3 aromatic rings. The Morgan fingerprint density at radius 3 is 2.73 bits per heavy atom. The second-order valence-corrected chi connectivity index (χ2v) is 8.48. The lowest BCUT2D eigenvalue weighted by molar-refractivity contribution is -0.125. The molecule has 33 heavy (non-hydrogen) atoms. The number of likely N-dealkylation sites (tertiary alicyclic amines) is 1. The topological polar surface area (TPSA) is 84.4 Å². The summed E-state index contributed by atoms with van der Waals surface area (Å²) in [7, 11) is 0. The Labute approximate surface area is 190 Å². The van der Waals surface area contributed by atoms with E-state index in [1.807, 2.05) is 0 Å². The van der Waals surface area contributed by atoms with Gasteiger partial charge in [-0.3, -0.25) is 9.59 Å². The molecule has 0 unspecified atom stereocenters. The Bertz CT molecular complexity index is 1190. The van der Waals surface area contributed by atoms with Crippen LogP contribution in [0.3, 0.4) is 0 Å². The highest BCUT2D eigenvalue weighted by atomic mass is 19.1. The number of halogens is 1. The number of nitrogens with zero attached hydrogens (tertiary/aromatic N) is 3. The number of benzene rings is 2. The number of hydrogen-bond donors (Lipinski definition) is 1. The van der Waals surface area contributed by atoms with Crippen molar-refractivity contribution < 1.29 is 18.7 Å². The van der Waals surface area contributed by atoms with Crippen LogP contribution in [0, 0.1) is 5.82 Å². The summed E-state index contributed by atoms with van der Waals surface area (Å²) in [6, 6.07) is 15.3. The third kappa shape index (κ3) is 4.16. The molecule has 2 atom stereocenters. The number of piperidine rings is 1. The summed E-state index contributed by atoms with van der Waals surface area (Å²) in [5.74, 6) is -0.474. The monoisotopic (exact) mass is 446 g/mol. The highest BCUT2D eigenvalue weighted by Crippen LogP contribution is 2.42. The zero-order valence-electron chi connectivity index (χ0n) is 17.9. The van der Waals surface area contributed by atoms with Crippen molar-refractivity contribution in [2.75, 3.05) is 13.1 Å². The number of nitrogens with one attached hydrogen (secondary N) is 1. The third-order valence-electron chi connectivity index (χ3n) is 6.36. The SMILES string of the molecule is O=C1CCC[C@]2(CN(C(=O)c3cccc(Oc4ncccn4)c3)C[C@H]2c2ccccc2F)N1. The maximum Gasteiger partial charge on any atom is 0.321 e. The maximum absolute atomic E-state index is 14.7. The molecule has 1 spiro atoms. The van der Waals surface area contributed by atoms with Crippen molar-refractivity contribution >= 4 is 11.8 Å². The Morgan fingerprint density at radius 1 is 1.12 bits per heavy atom. The number of hydrogen-bond acceptors (Lipinski definition) is 5. The smallest absolute Gasteiger partial charge is 0.321 e. The molecule has 1 aromatic heterocycles. The zero-order valence-corrected chi connectivity index (χ0v) is 17.9. The number of aromatic nitrogens is 2. The van der Waals surface area contributed by atoms with Crippen LogP contribution in [-0.2, 0) is 4.79 Å². The number of rotatable bonds is 4. The molecule has 0 bridgehead atoms. The Balaban J connectivity index is 1.43. The molecule has 3 heterocycles. The van der Waals surface area contributed by atoms with E-state index in [1.165, 1.54) is 6.07 Å². The van der Waals surface area contributed by atoms with Crippen LogP contribution in [-0.4, -0.2) is 45.3 Å². The average molecular weight is 446 g/mol. The van der Waals surface area contributed by atoms with Crippen molar-refractivity contribution in [3.63, 3.8) is 0 Å². The summed E-state index contributed by atoms with van der Waals surface area (Å²) in [5, 5.41) is 3.11. The van der Waals surface area contributed by atoms with E-state index in [2.05, 4.69) is 15.3 Å². The van der Waals surface area contributed by atoms with Gasteiger partial charge in [0.1, 0.15) is 11.6 Å². The molecule has 2 saturated heterocycles. The summed E-state index contributed by atoms with van der Waals surface area (Å²) in [5.41, 5.74) is 0.280. The average Bonchev–Trinajstić information content (AvgIpc) is 3.17. The Morgan fingerprint density at radius 2 is 1.94 bits per heavy atom. The maximum atomic E-state index is 14.7. The van der Waals surface area contributed by atoms with Gasteiger partial charge in [0, 0.05) is 43.4 Å². The van der Waals surface area contributed by atoms with E-state index >= 15 is 0 Å². The second-order valence-electron chi connectivity index (χ2n) is 8.48. The number of amides is 2. The molecule has 2 aliphatic heterocycles. The molecular formula is C25H23FN4O3. The molecule has 5 rings (SSSR count). The first-order valence-corrected chi connectivity index (χ1v) is 10.9. The fraction of sp³-hybridized carbons (Fsp3) is 0.280. The van der Waals surface area contributed by atoms with E-state index in [1.54, 1.807) is 65.8 Å². The molecule has 168 valence electrons. The van der Waals surface area contributed by atoms with Gasteiger partial charge in [-0.25, -0.2) is 14.4 Å². The molecule has 1 N–H and O–H groups in total. The number of ether oxygens (including phenoxy) is 1. The van der Waals surface area contributed by atoms with E-state index in [4.69, 9.17) is 4.74 Å². The zero-order chi connectivity index (χ0) is 22.8. The van der Waals surface area contributed by atoms with Crippen molar-refractivity contribution in [3.05, 3.63) is 83.9 Å². The summed E-state index contributed by atoms with van der Waals surface area (Å²) in [6.07, 6.45) is 4.99. The first-order chi connectivity index (χ1) is 16.0. The summed E-state index contributed by atoms with van der Waals surface area (Å²) in [4.78, 5) is 35.5. The predicted octanol–water partition coefficient (Wildman–Crippen LogP) is 3.69. The lowest BCUT2D eigenvalue weighted by atomic mass is 9.76. The van der Waals surface area contributed by atoms with Crippen molar-refractivity contribution in [1.82, 2.24) is 20.2 Å². The molecule has 2 aromatic carbocycles. The highest BCUT2D eigenvalue weighted by Gasteiger charge is 2.51. The quantitative estimate of drug-likeness (QED) is 0.661. The van der Waals surface area contributed by atoms with Gasteiger partial charge in [0.25, 0.3) is 5.91 Å². The van der Waals surface area contributed by atoms with E-state index < -0.39 is 5.54 Å². The minimum atomic E-state index is -0.681. The molecule has 0 saturated carbocycles. The van der Waals surface area contributed by atoms with Gasteiger partial charge < -0.3 is 15.0 Å². The first-order valence-electron chi connectivity index (χ1n) is 10.9. The molecule has 8 heteroatoms.